The number of rotatable bonds is 3. The van der Waals surface area contributed by atoms with Crippen molar-refractivity contribution in [3.05, 3.63) is 48.0 Å². The van der Waals surface area contributed by atoms with Crippen molar-refractivity contribution in [3.8, 4) is 0 Å². The Morgan fingerprint density at radius 2 is 1.96 bits per heavy atom. The summed E-state index contributed by atoms with van der Waals surface area (Å²) >= 11 is 0. The molecule has 0 N–H and O–H groups in total. The molecule has 2 aromatic carbocycles. The zero-order valence-corrected chi connectivity index (χ0v) is 14.4. The molecule has 0 radical (unpaired) electrons. The number of methoxy groups -OCH3 is 1. The van der Waals surface area contributed by atoms with Gasteiger partial charge >= 0.3 is 5.97 Å². The molecular weight excluding hydrogens is 298 g/mol. The maximum atomic E-state index is 12.0. The zero-order valence-electron chi connectivity index (χ0n) is 14.4. The Kier molecular flexibility index (Phi) is 4.05. The van der Waals surface area contributed by atoms with E-state index in [0.29, 0.717) is 30.3 Å². The highest BCUT2D eigenvalue weighted by atomic mass is 16.5. The summed E-state index contributed by atoms with van der Waals surface area (Å²) in [4.78, 5) is 14.5. The van der Waals surface area contributed by atoms with Crippen molar-refractivity contribution in [1.29, 1.82) is 0 Å². The third-order valence-electron chi connectivity index (χ3n) is 6.26. The predicted molar refractivity (Wildman–Crippen MR) is 96.0 cm³/mol. The Hall–Kier alpha value is -1.87. The van der Waals surface area contributed by atoms with Crippen LogP contribution in [0.2, 0.25) is 0 Å². The Morgan fingerprint density at radius 1 is 1.17 bits per heavy atom. The molecule has 126 valence electrons. The molecule has 3 nitrogen and oxygen atoms in total. The van der Waals surface area contributed by atoms with Gasteiger partial charge in [-0.1, -0.05) is 42.5 Å². The molecule has 0 aromatic heterocycles. The molecule has 4 unspecified atom stereocenters. The van der Waals surface area contributed by atoms with E-state index >= 15 is 0 Å². The van der Waals surface area contributed by atoms with Crippen LogP contribution < -0.4 is 0 Å². The highest BCUT2D eigenvalue weighted by Crippen LogP contribution is 2.47. The van der Waals surface area contributed by atoms with Crippen molar-refractivity contribution in [3.63, 3.8) is 0 Å². The smallest absolute Gasteiger partial charge is 0.305 e. The lowest BCUT2D eigenvalue weighted by Gasteiger charge is -2.43. The van der Waals surface area contributed by atoms with E-state index < -0.39 is 0 Å². The number of benzene rings is 2. The van der Waals surface area contributed by atoms with Crippen LogP contribution in [0.3, 0.4) is 0 Å². The van der Waals surface area contributed by atoms with Crippen molar-refractivity contribution in [2.24, 2.45) is 5.92 Å². The highest BCUT2D eigenvalue weighted by Gasteiger charge is 2.46. The zero-order chi connectivity index (χ0) is 16.7. The van der Waals surface area contributed by atoms with Gasteiger partial charge in [-0.25, -0.2) is 0 Å². The van der Waals surface area contributed by atoms with E-state index in [1.54, 1.807) is 0 Å². The van der Waals surface area contributed by atoms with Crippen LogP contribution in [0.5, 0.6) is 0 Å². The molecule has 2 bridgehead atoms. The van der Waals surface area contributed by atoms with Gasteiger partial charge in [0.2, 0.25) is 0 Å². The Morgan fingerprint density at radius 3 is 2.75 bits per heavy atom. The van der Waals surface area contributed by atoms with Crippen LogP contribution in [0.4, 0.5) is 0 Å². The molecular formula is C21H25NO2. The minimum absolute atomic E-state index is 0.0791. The number of nitrogens with zero attached hydrogens (tertiary/aromatic N) is 1. The predicted octanol–water partition coefficient (Wildman–Crippen LogP) is 3.97. The van der Waals surface area contributed by atoms with Crippen LogP contribution >= 0.6 is 0 Å². The molecule has 24 heavy (non-hydrogen) atoms. The Balaban J connectivity index is 1.71. The normalized spacial score (nSPS) is 29.8. The Labute approximate surface area is 143 Å². The van der Waals surface area contributed by atoms with Gasteiger partial charge in [0.15, 0.2) is 0 Å². The lowest BCUT2D eigenvalue weighted by Crippen LogP contribution is -2.46. The van der Waals surface area contributed by atoms with Gasteiger partial charge in [-0.15, -0.1) is 0 Å². The second-order valence-corrected chi connectivity index (χ2v) is 7.36. The molecule has 2 aliphatic heterocycles. The lowest BCUT2D eigenvalue weighted by molar-refractivity contribution is -0.142. The summed E-state index contributed by atoms with van der Waals surface area (Å²) in [6, 6.07) is 16.5. The fourth-order valence-corrected chi connectivity index (χ4v) is 4.95. The van der Waals surface area contributed by atoms with Crippen LogP contribution in [-0.4, -0.2) is 37.1 Å². The maximum Gasteiger partial charge on any atom is 0.305 e. The number of hydrogen-bond acceptors (Lipinski definition) is 3. The third kappa shape index (κ3) is 2.61. The molecule has 0 spiro atoms. The molecule has 4 rings (SSSR count). The van der Waals surface area contributed by atoms with Gasteiger partial charge in [0.1, 0.15) is 0 Å². The van der Waals surface area contributed by atoms with Gasteiger partial charge in [0.05, 0.1) is 13.5 Å². The first kappa shape index (κ1) is 15.6. The first-order valence-corrected chi connectivity index (χ1v) is 8.95. The number of ether oxygens (including phenoxy) is 1. The molecule has 2 heterocycles. The highest BCUT2D eigenvalue weighted by molar-refractivity contribution is 5.83. The van der Waals surface area contributed by atoms with Gasteiger partial charge in [0, 0.05) is 12.1 Å². The monoisotopic (exact) mass is 323 g/mol. The minimum atomic E-state index is -0.0791. The first-order valence-electron chi connectivity index (χ1n) is 8.95. The lowest BCUT2D eigenvalue weighted by atomic mass is 9.74. The van der Waals surface area contributed by atoms with Crippen molar-refractivity contribution in [2.45, 2.75) is 43.7 Å². The molecule has 0 aliphatic carbocycles. The molecule has 4 atom stereocenters. The first-order chi connectivity index (χ1) is 11.7. The molecule has 2 aliphatic rings. The number of fused-ring (bicyclic) bond motifs is 3. The molecule has 0 saturated carbocycles. The fraction of sp³-hybridized carbons (Fsp3) is 0.476. The summed E-state index contributed by atoms with van der Waals surface area (Å²) in [5.74, 6) is 0.717. The van der Waals surface area contributed by atoms with E-state index in [1.807, 2.05) is 0 Å². The van der Waals surface area contributed by atoms with Crippen molar-refractivity contribution >= 4 is 16.7 Å². The molecule has 3 heteroatoms. The van der Waals surface area contributed by atoms with E-state index in [2.05, 4.69) is 54.4 Å². The van der Waals surface area contributed by atoms with Gasteiger partial charge in [-0.2, -0.15) is 0 Å². The van der Waals surface area contributed by atoms with Gasteiger partial charge in [-0.3, -0.25) is 4.79 Å². The van der Waals surface area contributed by atoms with Crippen LogP contribution in [-0.2, 0) is 9.53 Å². The average Bonchev–Trinajstić information content (AvgIpc) is 2.86. The van der Waals surface area contributed by atoms with Crippen LogP contribution in [0.25, 0.3) is 10.8 Å². The van der Waals surface area contributed by atoms with E-state index in [9.17, 15) is 4.79 Å². The third-order valence-corrected chi connectivity index (χ3v) is 6.26. The number of carbonyl (C=O) groups is 1. The minimum Gasteiger partial charge on any atom is -0.469 e. The number of esters is 1. The van der Waals surface area contributed by atoms with Gasteiger partial charge in [0.25, 0.3) is 0 Å². The summed E-state index contributed by atoms with van der Waals surface area (Å²) < 4.78 is 4.99. The topological polar surface area (TPSA) is 29.5 Å². The summed E-state index contributed by atoms with van der Waals surface area (Å²) in [7, 11) is 3.72. The van der Waals surface area contributed by atoms with E-state index in [0.717, 1.165) is 6.42 Å². The Bertz CT molecular complexity index is 756. The van der Waals surface area contributed by atoms with Crippen LogP contribution in [0.1, 0.15) is 37.2 Å². The summed E-state index contributed by atoms with van der Waals surface area (Å²) in [6.07, 6.45) is 4.12. The molecule has 2 aromatic rings. The van der Waals surface area contributed by atoms with Crippen LogP contribution in [0, 0.1) is 5.92 Å². The fourth-order valence-electron chi connectivity index (χ4n) is 4.95. The second-order valence-electron chi connectivity index (χ2n) is 7.36. The summed E-state index contributed by atoms with van der Waals surface area (Å²) in [5.41, 5.74) is 1.38. The second kappa shape index (κ2) is 6.21. The quantitative estimate of drug-likeness (QED) is 0.801. The van der Waals surface area contributed by atoms with Crippen molar-refractivity contribution in [2.75, 3.05) is 14.2 Å². The standard InChI is InChI=1S/C21H25NO2/c1-22-17-9-10-20(22)19(13-21(23)24-2)18(12-17)16-8-7-14-5-3-4-6-15(14)11-16/h3-8,11,17-20H,9-10,12-13H2,1-2H3. The molecule has 0 amide bonds. The van der Waals surface area contributed by atoms with E-state index in [4.69, 9.17) is 4.74 Å². The average molecular weight is 323 g/mol. The van der Waals surface area contributed by atoms with E-state index in [1.165, 1.54) is 36.3 Å². The molecule has 2 saturated heterocycles. The van der Waals surface area contributed by atoms with Gasteiger partial charge in [-0.05, 0) is 54.5 Å². The SMILES string of the molecule is COC(=O)CC1C(c2ccc3ccccc3c2)CC2CCC1N2C. The maximum absolute atomic E-state index is 12.0. The van der Waals surface area contributed by atoms with Gasteiger partial charge < -0.3 is 9.64 Å². The number of hydrogen-bond donors (Lipinski definition) is 0. The van der Waals surface area contributed by atoms with Crippen molar-refractivity contribution < 1.29 is 9.53 Å². The van der Waals surface area contributed by atoms with Crippen LogP contribution in [0.15, 0.2) is 42.5 Å². The largest absolute Gasteiger partial charge is 0.469 e. The molecule has 2 fully saturated rings. The van der Waals surface area contributed by atoms with E-state index in [-0.39, 0.29) is 5.97 Å². The number of carbonyl (C=O) groups excluding carboxylic acids is 1. The summed E-state index contributed by atoms with van der Waals surface area (Å²) in [5, 5.41) is 2.57. The number of piperidine rings is 1. The van der Waals surface area contributed by atoms with Crippen molar-refractivity contribution in [1.82, 2.24) is 4.90 Å². The summed E-state index contributed by atoms with van der Waals surface area (Å²) in [6.45, 7) is 0.